The average molecular weight is 329 g/mol. The highest BCUT2D eigenvalue weighted by atomic mass is 79.9. The van der Waals surface area contributed by atoms with Crippen LogP contribution in [0.15, 0.2) is 40.2 Å². The van der Waals surface area contributed by atoms with Gasteiger partial charge in [0.25, 0.3) is 0 Å². The number of nitrogens with one attached hydrogen (secondary N) is 1. The van der Waals surface area contributed by atoms with Crippen molar-refractivity contribution < 1.29 is 4.39 Å². The summed E-state index contributed by atoms with van der Waals surface area (Å²) in [5, 5.41) is 5.37. The number of halogens is 2. The van der Waals surface area contributed by atoms with Crippen LogP contribution in [0.5, 0.6) is 0 Å². The van der Waals surface area contributed by atoms with Crippen LogP contribution in [0.2, 0.25) is 0 Å². The van der Waals surface area contributed by atoms with Crippen LogP contribution in [0.25, 0.3) is 0 Å². The van der Waals surface area contributed by atoms with E-state index in [4.69, 9.17) is 5.73 Å². The van der Waals surface area contributed by atoms with E-state index in [1.165, 1.54) is 10.9 Å². The van der Waals surface area contributed by atoms with Crippen LogP contribution in [0.1, 0.15) is 16.5 Å². The first-order valence-electron chi connectivity index (χ1n) is 5.61. The Hall–Kier alpha value is -0.750. The fourth-order valence-electron chi connectivity index (χ4n) is 1.70. The van der Waals surface area contributed by atoms with Crippen LogP contribution >= 0.6 is 27.3 Å². The molecule has 2 nitrogen and oxygen atoms in total. The molecule has 96 valence electrons. The summed E-state index contributed by atoms with van der Waals surface area (Å²) >= 11 is 4.84. The van der Waals surface area contributed by atoms with Crippen molar-refractivity contribution in [2.75, 3.05) is 6.54 Å². The van der Waals surface area contributed by atoms with Crippen LogP contribution < -0.4 is 11.1 Å². The lowest BCUT2D eigenvalue weighted by Gasteiger charge is -2.17. The van der Waals surface area contributed by atoms with Gasteiger partial charge in [0.2, 0.25) is 0 Å². The van der Waals surface area contributed by atoms with Crippen molar-refractivity contribution in [3.05, 3.63) is 56.4 Å². The van der Waals surface area contributed by atoms with Gasteiger partial charge in [-0.3, -0.25) is 0 Å². The van der Waals surface area contributed by atoms with E-state index in [9.17, 15) is 4.39 Å². The standard InChI is InChI=1S/C13H14BrFN2S/c14-11-4-3-9(6-12(11)15)13(7-16)17-8-10-2-1-5-18-10/h1-6,13,17H,7-8,16H2. The molecule has 1 heterocycles. The number of rotatable bonds is 5. The predicted octanol–water partition coefficient (Wildman–Crippen LogP) is 3.44. The molecule has 5 heteroatoms. The molecular formula is C13H14BrFN2S. The van der Waals surface area contributed by atoms with Crippen LogP contribution in [0, 0.1) is 5.82 Å². The molecule has 0 saturated heterocycles. The molecule has 2 rings (SSSR count). The summed E-state index contributed by atoms with van der Waals surface area (Å²) in [4.78, 5) is 1.24. The molecule has 0 amide bonds. The SMILES string of the molecule is NCC(NCc1cccs1)c1ccc(Br)c(F)c1. The van der Waals surface area contributed by atoms with E-state index < -0.39 is 0 Å². The number of hydrogen-bond donors (Lipinski definition) is 2. The van der Waals surface area contributed by atoms with Crippen molar-refractivity contribution in [1.82, 2.24) is 5.32 Å². The maximum absolute atomic E-state index is 13.5. The average Bonchev–Trinajstić information content (AvgIpc) is 2.87. The first kappa shape index (κ1) is 13.7. The van der Waals surface area contributed by atoms with E-state index in [1.54, 1.807) is 17.4 Å². The van der Waals surface area contributed by atoms with Gasteiger partial charge >= 0.3 is 0 Å². The molecule has 18 heavy (non-hydrogen) atoms. The summed E-state index contributed by atoms with van der Waals surface area (Å²) in [6, 6.07) is 9.15. The molecule has 0 aliphatic rings. The fourth-order valence-corrected chi connectivity index (χ4v) is 2.61. The smallest absolute Gasteiger partial charge is 0.137 e. The third kappa shape index (κ3) is 3.38. The van der Waals surface area contributed by atoms with Gasteiger partial charge in [-0.15, -0.1) is 11.3 Å². The summed E-state index contributed by atoms with van der Waals surface area (Å²) in [6.45, 7) is 1.18. The third-order valence-electron chi connectivity index (χ3n) is 2.68. The summed E-state index contributed by atoms with van der Waals surface area (Å²) in [5.74, 6) is -0.260. The molecule has 0 aliphatic heterocycles. The molecule has 1 atom stereocenters. The summed E-state index contributed by atoms with van der Waals surface area (Å²) in [6.07, 6.45) is 0. The highest BCUT2D eigenvalue weighted by molar-refractivity contribution is 9.10. The Labute approximate surface area is 118 Å². The maximum Gasteiger partial charge on any atom is 0.137 e. The topological polar surface area (TPSA) is 38.0 Å². The van der Waals surface area contributed by atoms with E-state index in [0.29, 0.717) is 11.0 Å². The van der Waals surface area contributed by atoms with Crippen LogP contribution in [0.4, 0.5) is 4.39 Å². The molecule has 1 unspecified atom stereocenters. The van der Waals surface area contributed by atoms with Crippen LogP contribution in [-0.4, -0.2) is 6.54 Å². The van der Waals surface area contributed by atoms with Crippen molar-refractivity contribution in [3.8, 4) is 0 Å². The Morgan fingerprint density at radius 3 is 2.83 bits per heavy atom. The quantitative estimate of drug-likeness (QED) is 0.882. The first-order chi connectivity index (χ1) is 8.70. The van der Waals surface area contributed by atoms with Gasteiger partial charge in [-0.05, 0) is 45.1 Å². The lowest BCUT2D eigenvalue weighted by molar-refractivity contribution is 0.538. The molecule has 0 fully saturated rings. The van der Waals surface area contributed by atoms with Crippen molar-refractivity contribution >= 4 is 27.3 Å². The molecule has 0 radical (unpaired) electrons. The number of benzene rings is 1. The van der Waals surface area contributed by atoms with Gasteiger partial charge in [0.05, 0.1) is 4.47 Å². The van der Waals surface area contributed by atoms with Gasteiger partial charge in [-0.25, -0.2) is 4.39 Å². The van der Waals surface area contributed by atoms with Crippen molar-refractivity contribution in [3.63, 3.8) is 0 Å². The van der Waals surface area contributed by atoms with Gasteiger partial charge in [0.15, 0.2) is 0 Å². The predicted molar refractivity (Wildman–Crippen MR) is 77.1 cm³/mol. The highest BCUT2D eigenvalue weighted by Gasteiger charge is 2.11. The number of thiophene rings is 1. The van der Waals surface area contributed by atoms with Crippen molar-refractivity contribution in [1.29, 1.82) is 0 Å². The molecular weight excluding hydrogens is 315 g/mol. The second kappa shape index (κ2) is 6.43. The minimum absolute atomic E-state index is 0.0327. The Kier molecular flexibility index (Phi) is 4.88. The lowest BCUT2D eigenvalue weighted by atomic mass is 10.1. The van der Waals surface area contributed by atoms with E-state index in [1.807, 2.05) is 17.5 Å². The Bertz CT molecular complexity index is 502. The lowest BCUT2D eigenvalue weighted by Crippen LogP contribution is -2.27. The maximum atomic E-state index is 13.5. The van der Waals surface area contributed by atoms with Crippen LogP contribution in [-0.2, 0) is 6.54 Å². The summed E-state index contributed by atoms with van der Waals surface area (Å²) in [7, 11) is 0. The molecule has 0 spiro atoms. The van der Waals surface area contributed by atoms with Gasteiger partial charge in [0, 0.05) is 24.0 Å². The summed E-state index contributed by atoms with van der Waals surface area (Å²) in [5.41, 5.74) is 6.61. The number of hydrogen-bond acceptors (Lipinski definition) is 3. The molecule has 3 N–H and O–H groups in total. The molecule has 0 bridgehead atoms. The second-order valence-corrected chi connectivity index (χ2v) is 5.81. The highest BCUT2D eigenvalue weighted by Crippen LogP contribution is 2.21. The Morgan fingerprint density at radius 2 is 2.22 bits per heavy atom. The van der Waals surface area contributed by atoms with Gasteiger partial charge in [0.1, 0.15) is 5.82 Å². The van der Waals surface area contributed by atoms with Crippen LogP contribution in [0.3, 0.4) is 0 Å². The molecule has 1 aromatic heterocycles. The first-order valence-corrected chi connectivity index (χ1v) is 7.28. The van der Waals surface area contributed by atoms with Crippen molar-refractivity contribution in [2.24, 2.45) is 5.73 Å². The van der Waals surface area contributed by atoms with E-state index in [2.05, 4.69) is 27.3 Å². The number of nitrogens with two attached hydrogens (primary N) is 1. The zero-order valence-corrected chi connectivity index (χ0v) is 12.1. The van der Waals surface area contributed by atoms with E-state index in [0.717, 1.165) is 12.1 Å². The van der Waals surface area contributed by atoms with Gasteiger partial charge in [-0.2, -0.15) is 0 Å². The van der Waals surface area contributed by atoms with E-state index in [-0.39, 0.29) is 11.9 Å². The Morgan fingerprint density at radius 1 is 1.39 bits per heavy atom. The normalized spacial score (nSPS) is 12.6. The molecule has 1 aromatic carbocycles. The van der Waals surface area contributed by atoms with Gasteiger partial charge < -0.3 is 11.1 Å². The minimum atomic E-state index is -0.260. The van der Waals surface area contributed by atoms with Crippen molar-refractivity contribution in [2.45, 2.75) is 12.6 Å². The Balaban J connectivity index is 2.05. The minimum Gasteiger partial charge on any atom is -0.329 e. The monoisotopic (exact) mass is 328 g/mol. The van der Waals surface area contributed by atoms with Gasteiger partial charge in [-0.1, -0.05) is 12.1 Å². The zero-order valence-electron chi connectivity index (χ0n) is 9.70. The largest absolute Gasteiger partial charge is 0.329 e. The molecule has 0 saturated carbocycles. The fraction of sp³-hybridized carbons (Fsp3) is 0.231. The third-order valence-corrected chi connectivity index (χ3v) is 4.20. The zero-order chi connectivity index (χ0) is 13.0. The van der Waals surface area contributed by atoms with E-state index >= 15 is 0 Å². The summed E-state index contributed by atoms with van der Waals surface area (Å²) < 4.78 is 13.9. The second-order valence-electron chi connectivity index (χ2n) is 3.92. The molecule has 0 aliphatic carbocycles. The molecule has 2 aromatic rings.